The third-order valence-electron chi connectivity index (χ3n) is 3.35. The second-order valence-electron chi connectivity index (χ2n) is 5.05. The number of carbonyl (C=O) groups excluding carboxylic acids is 1. The molecule has 0 heterocycles. The van der Waals surface area contributed by atoms with E-state index in [9.17, 15) is 4.79 Å². The first-order valence-electron chi connectivity index (χ1n) is 7.35. The lowest BCUT2D eigenvalue weighted by atomic mass is 10.0. The molecule has 2 N–H and O–H groups in total. The second-order valence-corrected chi connectivity index (χ2v) is 5.05. The minimum absolute atomic E-state index is 0. The molecule has 0 aliphatic carbocycles. The Bertz CT molecular complexity index is 555. The van der Waals surface area contributed by atoms with E-state index in [-0.39, 0.29) is 18.3 Å². The number of halogens is 1. The number of carbonyl (C=O) groups is 1. The number of benzene rings is 2. The van der Waals surface area contributed by atoms with Crippen LogP contribution in [0.25, 0.3) is 11.1 Å². The summed E-state index contributed by atoms with van der Waals surface area (Å²) in [7, 11) is 1.91. The molecule has 1 amide bonds. The fourth-order valence-corrected chi connectivity index (χ4v) is 2.19. The molecule has 0 spiro atoms. The maximum absolute atomic E-state index is 11.8. The Morgan fingerprint density at radius 2 is 1.55 bits per heavy atom. The van der Waals surface area contributed by atoms with Crippen molar-refractivity contribution < 1.29 is 4.79 Å². The number of amides is 1. The fraction of sp³-hybridized carbons (Fsp3) is 0.278. The maximum Gasteiger partial charge on any atom is 0.224 e. The first-order valence-corrected chi connectivity index (χ1v) is 7.35. The number of hydrogen-bond donors (Lipinski definition) is 2. The highest BCUT2D eigenvalue weighted by Gasteiger charge is 2.03. The summed E-state index contributed by atoms with van der Waals surface area (Å²) < 4.78 is 0. The third kappa shape index (κ3) is 5.88. The lowest BCUT2D eigenvalue weighted by molar-refractivity contribution is -0.120. The molecule has 0 atom stereocenters. The van der Waals surface area contributed by atoms with Crippen LogP contribution in [0.5, 0.6) is 0 Å². The monoisotopic (exact) mass is 318 g/mol. The van der Waals surface area contributed by atoms with Crippen molar-refractivity contribution >= 4 is 18.3 Å². The van der Waals surface area contributed by atoms with E-state index in [4.69, 9.17) is 0 Å². The van der Waals surface area contributed by atoms with Crippen molar-refractivity contribution in [3.8, 4) is 11.1 Å². The lowest BCUT2D eigenvalue weighted by Crippen LogP contribution is -2.27. The Hall–Kier alpha value is -1.84. The summed E-state index contributed by atoms with van der Waals surface area (Å²) in [5, 5.41) is 5.99. The molecule has 3 nitrogen and oxygen atoms in total. The molecule has 0 aromatic heterocycles. The van der Waals surface area contributed by atoms with Crippen LogP contribution in [0.1, 0.15) is 12.0 Å². The molecule has 0 unspecified atom stereocenters. The van der Waals surface area contributed by atoms with Gasteiger partial charge in [0.25, 0.3) is 0 Å². The van der Waals surface area contributed by atoms with Crippen molar-refractivity contribution in [3.63, 3.8) is 0 Å². The number of nitrogens with one attached hydrogen (secondary N) is 2. The van der Waals surface area contributed by atoms with Crippen molar-refractivity contribution in [2.24, 2.45) is 0 Å². The van der Waals surface area contributed by atoms with Crippen molar-refractivity contribution in [2.45, 2.75) is 12.8 Å². The molecule has 0 aliphatic rings. The van der Waals surface area contributed by atoms with Crippen LogP contribution < -0.4 is 10.6 Å². The van der Waals surface area contributed by atoms with Crippen molar-refractivity contribution in [3.05, 3.63) is 60.2 Å². The van der Waals surface area contributed by atoms with Gasteiger partial charge in [0.2, 0.25) is 5.91 Å². The fourth-order valence-electron chi connectivity index (χ4n) is 2.19. The highest BCUT2D eigenvalue weighted by molar-refractivity contribution is 5.85. The average Bonchev–Trinajstić information content (AvgIpc) is 2.53. The molecule has 0 aliphatic heterocycles. The summed E-state index contributed by atoms with van der Waals surface area (Å²) in [6.07, 6.45) is 1.39. The molecule has 22 heavy (non-hydrogen) atoms. The van der Waals surface area contributed by atoms with E-state index in [1.807, 2.05) is 37.4 Å². The summed E-state index contributed by atoms with van der Waals surface area (Å²) in [4.78, 5) is 11.8. The van der Waals surface area contributed by atoms with E-state index in [0.717, 1.165) is 25.1 Å². The van der Waals surface area contributed by atoms with Crippen molar-refractivity contribution in [1.82, 2.24) is 10.6 Å². The van der Waals surface area contributed by atoms with Gasteiger partial charge in [0.05, 0.1) is 6.42 Å². The second kappa shape index (κ2) is 9.98. The average molecular weight is 319 g/mol. The third-order valence-corrected chi connectivity index (χ3v) is 3.35. The molecule has 0 radical (unpaired) electrons. The van der Waals surface area contributed by atoms with Crippen LogP contribution in [0.3, 0.4) is 0 Å². The van der Waals surface area contributed by atoms with Gasteiger partial charge in [-0.05, 0) is 36.7 Å². The lowest BCUT2D eigenvalue weighted by Gasteiger charge is -2.06. The highest BCUT2D eigenvalue weighted by Crippen LogP contribution is 2.19. The molecule has 2 aromatic carbocycles. The zero-order valence-electron chi connectivity index (χ0n) is 12.8. The minimum atomic E-state index is 0. The molecular formula is C18H23ClN2O. The minimum Gasteiger partial charge on any atom is -0.356 e. The van der Waals surface area contributed by atoms with Gasteiger partial charge in [-0.2, -0.15) is 0 Å². The standard InChI is InChI=1S/C18H22N2O.ClH/c1-19-12-5-13-20-18(21)14-15-8-10-17(11-9-15)16-6-3-2-4-7-16;/h2-4,6-11,19H,5,12-14H2,1H3,(H,20,21);1H. The van der Waals surface area contributed by atoms with Crippen LogP contribution in [0.15, 0.2) is 54.6 Å². The van der Waals surface area contributed by atoms with Crippen LogP contribution in [0, 0.1) is 0 Å². The Kier molecular flexibility index (Phi) is 8.26. The summed E-state index contributed by atoms with van der Waals surface area (Å²) in [5.74, 6) is 0.0820. The molecule has 0 saturated carbocycles. The van der Waals surface area contributed by atoms with Gasteiger partial charge in [0.15, 0.2) is 0 Å². The largest absolute Gasteiger partial charge is 0.356 e. The molecule has 0 saturated heterocycles. The van der Waals surface area contributed by atoms with Gasteiger partial charge in [0, 0.05) is 6.54 Å². The van der Waals surface area contributed by atoms with Gasteiger partial charge in [-0.25, -0.2) is 0 Å². The topological polar surface area (TPSA) is 41.1 Å². The van der Waals surface area contributed by atoms with Crippen LogP contribution in [0.4, 0.5) is 0 Å². The van der Waals surface area contributed by atoms with E-state index >= 15 is 0 Å². The first-order chi connectivity index (χ1) is 10.3. The summed E-state index contributed by atoms with van der Waals surface area (Å²) in [6.45, 7) is 1.65. The Balaban J connectivity index is 0.00000242. The Morgan fingerprint density at radius 1 is 0.909 bits per heavy atom. The maximum atomic E-state index is 11.8. The van der Waals surface area contributed by atoms with Crippen molar-refractivity contribution in [1.29, 1.82) is 0 Å². The van der Waals surface area contributed by atoms with Crippen LogP contribution in [-0.2, 0) is 11.2 Å². The molecular weight excluding hydrogens is 296 g/mol. The zero-order valence-corrected chi connectivity index (χ0v) is 13.7. The van der Waals surface area contributed by atoms with Gasteiger partial charge in [-0.15, -0.1) is 12.4 Å². The van der Waals surface area contributed by atoms with Gasteiger partial charge in [-0.3, -0.25) is 4.79 Å². The highest BCUT2D eigenvalue weighted by atomic mass is 35.5. The quantitative estimate of drug-likeness (QED) is 0.770. The Labute approximate surface area is 138 Å². The molecule has 0 bridgehead atoms. The van der Waals surface area contributed by atoms with Gasteiger partial charge in [-0.1, -0.05) is 54.6 Å². The predicted octanol–water partition coefficient (Wildman–Crippen LogP) is 3.04. The van der Waals surface area contributed by atoms with Crippen LogP contribution in [0.2, 0.25) is 0 Å². The van der Waals surface area contributed by atoms with Gasteiger partial charge in [0.1, 0.15) is 0 Å². The van der Waals surface area contributed by atoms with Gasteiger partial charge >= 0.3 is 0 Å². The summed E-state index contributed by atoms with van der Waals surface area (Å²) in [6, 6.07) is 18.4. The summed E-state index contributed by atoms with van der Waals surface area (Å²) in [5.41, 5.74) is 3.41. The van der Waals surface area contributed by atoms with E-state index < -0.39 is 0 Å². The smallest absolute Gasteiger partial charge is 0.224 e. The van der Waals surface area contributed by atoms with E-state index in [1.54, 1.807) is 0 Å². The molecule has 118 valence electrons. The normalized spacial score (nSPS) is 9.86. The van der Waals surface area contributed by atoms with E-state index in [1.165, 1.54) is 11.1 Å². The summed E-state index contributed by atoms with van der Waals surface area (Å²) >= 11 is 0. The Morgan fingerprint density at radius 3 is 2.18 bits per heavy atom. The predicted molar refractivity (Wildman–Crippen MR) is 94.4 cm³/mol. The van der Waals surface area contributed by atoms with Gasteiger partial charge < -0.3 is 10.6 Å². The van der Waals surface area contributed by atoms with E-state index in [0.29, 0.717) is 6.42 Å². The SMILES string of the molecule is CNCCCNC(=O)Cc1ccc(-c2ccccc2)cc1.Cl. The number of hydrogen-bond acceptors (Lipinski definition) is 2. The van der Waals surface area contributed by atoms with Crippen LogP contribution in [-0.4, -0.2) is 26.0 Å². The van der Waals surface area contributed by atoms with Crippen molar-refractivity contribution in [2.75, 3.05) is 20.1 Å². The van der Waals surface area contributed by atoms with E-state index in [2.05, 4.69) is 34.9 Å². The molecule has 4 heteroatoms. The molecule has 0 fully saturated rings. The molecule has 2 aromatic rings. The molecule has 2 rings (SSSR count). The van der Waals surface area contributed by atoms with Crippen LogP contribution >= 0.6 is 12.4 Å². The number of rotatable bonds is 7. The zero-order chi connectivity index (χ0) is 14.9. The first kappa shape index (κ1) is 18.2.